The van der Waals surface area contributed by atoms with Crippen LogP contribution in [0.4, 0.5) is 4.39 Å². The molecular formula is C18H17ClFN3O4S. The molecule has 0 radical (unpaired) electrons. The lowest BCUT2D eigenvalue weighted by Crippen LogP contribution is -2.40. The second kappa shape index (κ2) is 8.78. The van der Waals surface area contributed by atoms with Gasteiger partial charge in [-0.2, -0.15) is 9.41 Å². The number of hydrazone groups is 1. The van der Waals surface area contributed by atoms with E-state index in [9.17, 15) is 17.6 Å². The Labute approximate surface area is 166 Å². The zero-order chi connectivity index (χ0) is 20.1. The largest absolute Gasteiger partial charge is 0.379 e. The molecule has 0 atom stereocenters. The maximum atomic E-state index is 13.7. The van der Waals surface area contributed by atoms with E-state index >= 15 is 0 Å². The van der Waals surface area contributed by atoms with Crippen molar-refractivity contribution in [3.8, 4) is 0 Å². The highest BCUT2D eigenvalue weighted by Crippen LogP contribution is 2.19. The first-order chi connectivity index (χ1) is 13.4. The number of morpholine rings is 1. The van der Waals surface area contributed by atoms with Crippen molar-refractivity contribution in [1.82, 2.24) is 9.73 Å². The summed E-state index contributed by atoms with van der Waals surface area (Å²) in [6, 6.07) is 9.78. The quantitative estimate of drug-likeness (QED) is 0.588. The number of carbonyl (C=O) groups excluding carboxylic acids is 1. The average Bonchev–Trinajstić information content (AvgIpc) is 2.71. The van der Waals surface area contributed by atoms with Gasteiger partial charge in [0.1, 0.15) is 5.82 Å². The lowest BCUT2D eigenvalue weighted by Gasteiger charge is -2.26. The maximum Gasteiger partial charge on any atom is 0.271 e. The number of nitrogens with one attached hydrogen (secondary N) is 1. The van der Waals surface area contributed by atoms with Gasteiger partial charge in [-0.1, -0.05) is 23.7 Å². The van der Waals surface area contributed by atoms with Gasteiger partial charge in [0.25, 0.3) is 5.91 Å². The predicted octanol–water partition coefficient (Wildman–Crippen LogP) is 2.26. The number of benzene rings is 2. The lowest BCUT2D eigenvalue weighted by molar-refractivity contribution is 0.0730. The Morgan fingerprint density at radius 2 is 1.93 bits per heavy atom. The summed E-state index contributed by atoms with van der Waals surface area (Å²) < 4.78 is 45.5. The summed E-state index contributed by atoms with van der Waals surface area (Å²) in [5.41, 5.74) is 2.38. The number of amides is 1. The number of halogens is 2. The van der Waals surface area contributed by atoms with Crippen molar-refractivity contribution in [2.24, 2.45) is 5.10 Å². The SMILES string of the molecule is O=C(N/N=C\c1c(F)cccc1Cl)c1cccc(S(=O)(=O)N2CCOCC2)c1. The van der Waals surface area contributed by atoms with E-state index in [-0.39, 0.29) is 34.1 Å². The zero-order valence-corrected chi connectivity index (χ0v) is 16.2. The summed E-state index contributed by atoms with van der Waals surface area (Å²) in [7, 11) is -3.72. The molecule has 0 aliphatic carbocycles. The number of carbonyl (C=O) groups is 1. The maximum absolute atomic E-state index is 13.7. The highest BCUT2D eigenvalue weighted by atomic mass is 35.5. The molecule has 0 saturated carbocycles. The minimum absolute atomic E-state index is 0.00294. The summed E-state index contributed by atoms with van der Waals surface area (Å²) >= 11 is 5.88. The van der Waals surface area contributed by atoms with E-state index < -0.39 is 21.7 Å². The van der Waals surface area contributed by atoms with Crippen LogP contribution < -0.4 is 5.43 Å². The van der Waals surface area contributed by atoms with E-state index in [1.807, 2.05) is 0 Å². The predicted molar refractivity (Wildman–Crippen MR) is 102 cm³/mol. The molecule has 1 aliphatic heterocycles. The molecule has 0 bridgehead atoms. The molecule has 0 aromatic heterocycles. The molecule has 1 saturated heterocycles. The second-order valence-electron chi connectivity index (χ2n) is 5.88. The van der Waals surface area contributed by atoms with Crippen LogP contribution in [-0.2, 0) is 14.8 Å². The molecular weight excluding hydrogens is 409 g/mol. The smallest absolute Gasteiger partial charge is 0.271 e. The summed E-state index contributed by atoms with van der Waals surface area (Å²) in [5, 5.41) is 3.85. The molecule has 148 valence electrons. The Hall–Kier alpha value is -2.33. The monoisotopic (exact) mass is 425 g/mol. The molecule has 10 heteroatoms. The summed E-state index contributed by atoms with van der Waals surface area (Å²) in [5.74, 6) is -1.22. The van der Waals surface area contributed by atoms with Crippen molar-refractivity contribution in [3.05, 3.63) is 64.4 Å². The van der Waals surface area contributed by atoms with E-state index in [0.29, 0.717) is 13.2 Å². The van der Waals surface area contributed by atoms with Crippen LogP contribution in [0.2, 0.25) is 5.02 Å². The Bertz CT molecular complexity index is 987. The van der Waals surface area contributed by atoms with Gasteiger partial charge >= 0.3 is 0 Å². The van der Waals surface area contributed by atoms with Crippen LogP contribution in [0.25, 0.3) is 0 Å². The number of ether oxygens (including phenoxy) is 1. The first kappa shape index (κ1) is 20.4. The van der Waals surface area contributed by atoms with Crippen molar-refractivity contribution in [1.29, 1.82) is 0 Å². The zero-order valence-electron chi connectivity index (χ0n) is 14.6. The van der Waals surface area contributed by atoms with Crippen LogP contribution >= 0.6 is 11.6 Å². The molecule has 3 rings (SSSR count). The van der Waals surface area contributed by atoms with E-state index in [4.69, 9.17) is 16.3 Å². The molecule has 1 fully saturated rings. The lowest BCUT2D eigenvalue weighted by atomic mass is 10.2. The first-order valence-corrected chi connectivity index (χ1v) is 10.2. The Balaban J connectivity index is 1.74. The average molecular weight is 426 g/mol. The van der Waals surface area contributed by atoms with Crippen LogP contribution in [0.1, 0.15) is 15.9 Å². The third-order valence-electron chi connectivity index (χ3n) is 4.06. The number of nitrogens with zero attached hydrogens (tertiary/aromatic N) is 2. The fraction of sp³-hybridized carbons (Fsp3) is 0.222. The number of sulfonamides is 1. The van der Waals surface area contributed by atoms with Gasteiger partial charge in [-0.15, -0.1) is 0 Å². The van der Waals surface area contributed by atoms with Crippen molar-refractivity contribution >= 4 is 33.7 Å². The standard InChI is InChI=1S/C18H17ClFN3O4S/c19-16-5-2-6-17(20)15(16)12-21-22-18(24)13-3-1-4-14(11-13)28(25,26)23-7-9-27-10-8-23/h1-6,11-12H,7-10H2,(H,22,24)/b21-12-. The van der Waals surface area contributed by atoms with Crippen LogP contribution in [-0.4, -0.2) is 51.1 Å². The third kappa shape index (κ3) is 4.56. The van der Waals surface area contributed by atoms with Crippen LogP contribution in [0.3, 0.4) is 0 Å². The molecule has 0 unspecified atom stereocenters. The molecule has 1 amide bonds. The number of rotatable bonds is 5. The first-order valence-electron chi connectivity index (χ1n) is 8.35. The number of hydrogen-bond acceptors (Lipinski definition) is 5. The Morgan fingerprint density at radius 1 is 1.21 bits per heavy atom. The van der Waals surface area contributed by atoms with Crippen molar-refractivity contribution in [2.75, 3.05) is 26.3 Å². The van der Waals surface area contributed by atoms with Gasteiger partial charge in [0, 0.05) is 24.2 Å². The Morgan fingerprint density at radius 3 is 2.64 bits per heavy atom. The van der Waals surface area contributed by atoms with E-state index in [1.165, 1.54) is 46.8 Å². The van der Waals surface area contributed by atoms with Crippen LogP contribution in [0, 0.1) is 5.82 Å². The van der Waals surface area contributed by atoms with Crippen LogP contribution in [0.5, 0.6) is 0 Å². The molecule has 0 spiro atoms. The summed E-state index contributed by atoms with van der Waals surface area (Å²) in [6.07, 6.45) is 1.09. The molecule has 1 heterocycles. The van der Waals surface area contributed by atoms with Gasteiger partial charge in [-0.3, -0.25) is 4.79 Å². The second-order valence-corrected chi connectivity index (χ2v) is 8.22. The molecule has 2 aromatic rings. The minimum Gasteiger partial charge on any atom is -0.379 e. The fourth-order valence-electron chi connectivity index (χ4n) is 2.59. The van der Waals surface area contributed by atoms with Gasteiger partial charge in [0.05, 0.1) is 29.3 Å². The normalized spacial score (nSPS) is 15.6. The Kier molecular flexibility index (Phi) is 6.40. The topological polar surface area (TPSA) is 88.1 Å². The molecule has 2 aromatic carbocycles. The van der Waals surface area contributed by atoms with Gasteiger partial charge in [-0.25, -0.2) is 18.2 Å². The minimum atomic E-state index is -3.72. The summed E-state index contributed by atoms with van der Waals surface area (Å²) in [6.45, 7) is 1.17. The molecule has 7 nitrogen and oxygen atoms in total. The van der Waals surface area contributed by atoms with E-state index in [0.717, 1.165) is 6.21 Å². The molecule has 1 aliphatic rings. The highest BCUT2D eigenvalue weighted by molar-refractivity contribution is 7.89. The van der Waals surface area contributed by atoms with Gasteiger partial charge in [0.2, 0.25) is 10.0 Å². The third-order valence-corrected chi connectivity index (χ3v) is 6.29. The molecule has 28 heavy (non-hydrogen) atoms. The van der Waals surface area contributed by atoms with Gasteiger partial charge < -0.3 is 4.74 Å². The number of hydrogen-bond donors (Lipinski definition) is 1. The highest BCUT2D eigenvalue weighted by Gasteiger charge is 2.26. The van der Waals surface area contributed by atoms with Crippen LogP contribution in [0.15, 0.2) is 52.5 Å². The van der Waals surface area contributed by atoms with Crippen molar-refractivity contribution in [3.63, 3.8) is 0 Å². The van der Waals surface area contributed by atoms with Crippen molar-refractivity contribution in [2.45, 2.75) is 4.90 Å². The van der Waals surface area contributed by atoms with Gasteiger partial charge in [0.15, 0.2) is 0 Å². The fourth-order valence-corrected chi connectivity index (χ4v) is 4.25. The van der Waals surface area contributed by atoms with Gasteiger partial charge in [-0.05, 0) is 30.3 Å². The van der Waals surface area contributed by atoms with Crippen molar-refractivity contribution < 1.29 is 22.3 Å². The van der Waals surface area contributed by atoms with E-state index in [2.05, 4.69) is 10.5 Å². The van der Waals surface area contributed by atoms with E-state index in [1.54, 1.807) is 0 Å². The molecule has 1 N–H and O–H groups in total. The summed E-state index contributed by atoms with van der Waals surface area (Å²) in [4.78, 5) is 12.3.